The molecular formula is C13H18N2O2. The van der Waals surface area contributed by atoms with E-state index < -0.39 is 12.0 Å². The van der Waals surface area contributed by atoms with E-state index in [9.17, 15) is 9.90 Å². The second kappa shape index (κ2) is 4.85. The Morgan fingerprint density at radius 1 is 1.24 bits per heavy atom. The van der Waals surface area contributed by atoms with Gasteiger partial charge in [0.25, 0.3) is 0 Å². The zero-order valence-corrected chi connectivity index (χ0v) is 10.2. The fourth-order valence-corrected chi connectivity index (χ4v) is 2.19. The summed E-state index contributed by atoms with van der Waals surface area (Å²) in [7, 11) is 0. The Kier molecular flexibility index (Phi) is 3.45. The first-order valence-electron chi connectivity index (χ1n) is 5.86. The van der Waals surface area contributed by atoms with E-state index in [4.69, 9.17) is 0 Å². The monoisotopic (exact) mass is 234 g/mol. The minimum atomic E-state index is -0.805. The van der Waals surface area contributed by atoms with Gasteiger partial charge in [0, 0.05) is 13.1 Å². The second-order valence-electron chi connectivity index (χ2n) is 4.55. The van der Waals surface area contributed by atoms with E-state index in [1.165, 1.54) is 11.1 Å². The van der Waals surface area contributed by atoms with Crippen molar-refractivity contribution in [3.63, 3.8) is 0 Å². The van der Waals surface area contributed by atoms with Crippen molar-refractivity contribution in [2.45, 2.75) is 25.9 Å². The summed E-state index contributed by atoms with van der Waals surface area (Å²) >= 11 is 0. The summed E-state index contributed by atoms with van der Waals surface area (Å²) in [6.07, 6.45) is 0. The van der Waals surface area contributed by atoms with Crippen LogP contribution in [-0.2, 0) is 4.79 Å². The van der Waals surface area contributed by atoms with Crippen molar-refractivity contribution in [2.24, 2.45) is 0 Å². The number of aliphatic carboxylic acids is 1. The largest absolute Gasteiger partial charge is 0.480 e. The van der Waals surface area contributed by atoms with Crippen molar-refractivity contribution in [3.8, 4) is 0 Å². The fraction of sp³-hybridized carbons (Fsp3) is 0.462. The predicted molar refractivity (Wildman–Crippen MR) is 66.1 cm³/mol. The van der Waals surface area contributed by atoms with Crippen molar-refractivity contribution in [1.82, 2.24) is 10.6 Å². The first kappa shape index (κ1) is 12.1. The molecule has 0 amide bonds. The van der Waals surface area contributed by atoms with Gasteiger partial charge in [-0.25, -0.2) is 0 Å². The number of nitrogens with one attached hydrogen (secondary N) is 2. The van der Waals surface area contributed by atoms with Crippen LogP contribution in [0.25, 0.3) is 0 Å². The van der Waals surface area contributed by atoms with Crippen molar-refractivity contribution < 1.29 is 9.90 Å². The SMILES string of the molecule is Cc1ccc(C2NCCNC2C(=O)O)cc1C. The molecule has 0 bridgehead atoms. The van der Waals surface area contributed by atoms with Gasteiger partial charge in [0.05, 0.1) is 6.04 Å². The zero-order chi connectivity index (χ0) is 12.4. The lowest BCUT2D eigenvalue weighted by Gasteiger charge is -2.31. The maximum Gasteiger partial charge on any atom is 0.322 e. The molecule has 1 fully saturated rings. The van der Waals surface area contributed by atoms with Crippen LogP contribution >= 0.6 is 0 Å². The number of carbonyl (C=O) groups is 1. The van der Waals surface area contributed by atoms with Gasteiger partial charge in [-0.3, -0.25) is 4.79 Å². The van der Waals surface area contributed by atoms with Crippen LogP contribution in [0.5, 0.6) is 0 Å². The number of hydrogen-bond acceptors (Lipinski definition) is 3. The van der Waals surface area contributed by atoms with Crippen molar-refractivity contribution in [1.29, 1.82) is 0 Å². The molecule has 3 N–H and O–H groups in total. The number of rotatable bonds is 2. The quantitative estimate of drug-likeness (QED) is 0.714. The molecule has 4 nitrogen and oxygen atoms in total. The molecule has 2 atom stereocenters. The highest BCUT2D eigenvalue weighted by molar-refractivity contribution is 5.75. The summed E-state index contributed by atoms with van der Waals surface area (Å²) in [5, 5.41) is 15.5. The van der Waals surface area contributed by atoms with E-state index in [-0.39, 0.29) is 6.04 Å². The highest BCUT2D eigenvalue weighted by atomic mass is 16.4. The molecule has 1 saturated heterocycles. The Labute approximate surface area is 101 Å². The molecule has 0 aromatic heterocycles. The van der Waals surface area contributed by atoms with Gasteiger partial charge < -0.3 is 15.7 Å². The minimum Gasteiger partial charge on any atom is -0.480 e. The third-order valence-electron chi connectivity index (χ3n) is 3.34. The smallest absolute Gasteiger partial charge is 0.322 e. The lowest BCUT2D eigenvalue weighted by atomic mass is 9.94. The van der Waals surface area contributed by atoms with Crippen LogP contribution < -0.4 is 10.6 Å². The Morgan fingerprint density at radius 2 is 1.94 bits per heavy atom. The lowest BCUT2D eigenvalue weighted by Crippen LogP contribution is -2.54. The third-order valence-corrected chi connectivity index (χ3v) is 3.34. The summed E-state index contributed by atoms with van der Waals surface area (Å²) in [6, 6.07) is 5.41. The summed E-state index contributed by atoms with van der Waals surface area (Å²) in [6.45, 7) is 5.59. The molecule has 0 saturated carbocycles. The Morgan fingerprint density at radius 3 is 2.59 bits per heavy atom. The van der Waals surface area contributed by atoms with Crippen molar-refractivity contribution in [2.75, 3.05) is 13.1 Å². The first-order chi connectivity index (χ1) is 8.09. The van der Waals surface area contributed by atoms with E-state index in [0.717, 1.165) is 12.1 Å². The molecular weight excluding hydrogens is 216 g/mol. The van der Waals surface area contributed by atoms with Crippen LogP contribution in [-0.4, -0.2) is 30.2 Å². The zero-order valence-electron chi connectivity index (χ0n) is 10.2. The van der Waals surface area contributed by atoms with Crippen molar-refractivity contribution >= 4 is 5.97 Å². The average molecular weight is 234 g/mol. The Hall–Kier alpha value is -1.39. The molecule has 92 valence electrons. The standard InChI is InChI=1S/C13H18N2O2/c1-8-3-4-10(7-9(8)2)11-12(13(16)17)15-6-5-14-11/h3-4,7,11-12,14-15H,5-6H2,1-2H3,(H,16,17). The van der Waals surface area contributed by atoms with Gasteiger partial charge in [0.15, 0.2) is 0 Å². The van der Waals surface area contributed by atoms with Gasteiger partial charge >= 0.3 is 5.97 Å². The molecule has 2 unspecified atom stereocenters. The first-order valence-corrected chi connectivity index (χ1v) is 5.86. The molecule has 1 aromatic carbocycles. The summed E-state index contributed by atoms with van der Waals surface area (Å²) in [5.41, 5.74) is 3.45. The maximum atomic E-state index is 11.2. The van der Waals surface area contributed by atoms with Gasteiger partial charge in [0.2, 0.25) is 0 Å². The highest BCUT2D eigenvalue weighted by Crippen LogP contribution is 2.21. The molecule has 1 aliphatic heterocycles. The van der Waals surface area contributed by atoms with Crippen LogP contribution in [0.3, 0.4) is 0 Å². The Bertz CT molecular complexity index is 431. The maximum absolute atomic E-state index is 11.2. The summed E-state index contributed by atoms with van der Waals surface area (Å²) in [5.74, 6) is -0.805. The van der Waals surface area contributed by atoms with Crippen LogP contribution in [0.4, 0.5) is 0 Å². The second-order valence-corrected chi connectivity index (χ2v) is 4.55. The third kappa shape index (κ3) is 2.48. The minimum absolute atomic E-state index is 0.152. The van der Waals surface area contributed by atoms with Crippen LogP contribution in [0, 0.1) is 13.8 Å². The van der Waals surface area contributed by atoms with Gasteiger partial charge in [-0.15, -0.1) is 0 Å². The number of piperazine rings is 1. The van der Waals surface area contributed by atoms with E-state index in [1.54, 1.807) is 0 Å². The molecule has 1 aromatic rings. The number of aryl methyl sites for hydroxylation is 2. The van der Waals surface area contributed by atoms with Gasteiger partial charge in [-0.05, 0) is 30.5 Å². The number of hydrogen-bond donors (Lipinski definition) is 3. The molecule has 1 heterocycles. The molecule has 0 aliphatic carbocycles. The number of carboxylic acid groups (broad SMARTS) is 1. The van der Waals surface area contributed by atoms with Crippen LogP contribution in [0.1, 0.15) is 22.7 Å². The number of benzene rings is 1. The average Bonchev–Trinajstić information content (AvgIpc) is 2.32. The molecule has 0 radical (unpaired) electrons. The van der Waals surface area contributed by atoms with Gasteiger partial charge in [0.1, 0.15) is 6.04 Å². The van der Waals surface area contributed by atoms with E-state index in [1.807, 2.05) is 19.1 Å². The molecule has 0 spiro atoms. The lowest BCUT2D eigenvalue weighted by molar-refractivity contribution is -0.140. The van der Waals surface area contributed by atoms with Crippen LogP contribution in [0.2, 0.25) is 0 Å². The molecule has 4 heteroatoms. The van der Waals surface area contributed by atoms with E-state index >= 15 is 0 Å². The van der Waals surface area contributed by atoms with Gasteiger partial charge in [-0.2, -0.15) is 0 Å². The number of carboxylic acids is 1. The summed E-state index contributed by atoms with van der Waals surface area (Å²) < 4.78 is 0. The normalized spacial score (nSPS) is 24.6. The summed E-state index contributed by atoms with van der Waals surface area (Å²) in [4.78, 5) is 11.2. The topological polar surface area (TPSA) is 61.4 Å². The molecule has 17 heavy (non-hydrogen) atoms. The van der Waals surface area contributed by atoms with Crippen LogP contribution in [0.15, 0.2) is 18.2 Å². The predicted octanol–water partition coefficient (Wildman–Crippen LogP) is 0.991. The van der Waals surface area contributed by atoms with Crippen molar-refractivity contribution in [3.05, 3.63) is 34.9 Å². The Balaban J connectivity index is 2.29. The van der Waals surface area contributed by atoms with E-state index in [0.29, 0.717) is 6.54 Å². The molecule has 1 aliphatic rings. The van der Waals surface area contributed by atoms with Gasteiger partial charge in [-0.1, -0.05) is 18.2 Å². The highest BCUT2D eigenvalue weighted by Gasteiger charge is 2.31. The molecule has 2 rings (SSSR count). The van der Waals surface area contributed by atoms with E-state index in [2.05, 4.69) is 23.6 Å². The fourth-order valence-electron chi connectivity index (χ4n) is 2.19.